The molecule has 1 aliphatic rings. The fourth-order valence-corrected chi connectivity index (χ4v) is 1.96. The summed E-state index contributed by atoms with van der Waals surface area (Å²) in [5.41, 5.74) is 5.81. The maximum atomic E-state index is 12.0. The lowest BCUT2D eigenvalue weighted by Crippen LogP contribution is -2.53. The van der Waals surface area contributed by atoms with Crippen LogP contribution in [0.4, 0.5) is 0 Å². The van der Waals surface area contributed by atoms with E-state index in [0.717, 1.165) is 0 Å². The summed E-state index contributed by atoms with van der Waals surface area (Å²) in [4.78, 5) is 13.8. The molecule has 5 nitrogen and oxygen atoms in total. The third-order valence-corrected chi connectivity index (χ3v) is 2.68. The molecule has 1 saturated heterocycles. The Morgan fingerprint density at radius 2 is 2.06 bits per heavy atom. The number of amides is 1. The lowest BCUT2D eigenvalue weighted by Gasteiger charge is -2.36. The summed E-state index contributed by atoms with van der Waals surface area (Å²) in [5.74, 6) is -0.000880. The van der Waals surface area contributed by atoms with Gasteiger partial charge >= 0.3 is 0 Å². The minimum atomic E-state index is -0.461. The van der Waals surface area contributed by atoms with E-state index < -0.39 is 6.04 Å². The van der Waals surface area contributed by atoms with Gasteiger partial charge in [-0.25, -0.2) is 0 Å². The van der Waals surface area contributed by atoms with E-state index in [0.29, 0.717) is 26.1 Å². The Labute approximate surface area is 96.9 Å². The van der Waals surface area contributed by atoms with Crippen molar-refractivity contribution in [3.8, 4) is 0 Å². The number of ether oxygens (including phenoxy) is 2. The van der Waals surface area contributed by atoms with Crippen molar-refractivity contribution < 1.29 is 14.3 Å². The molecule has 0 aromatic heterocycles. The quantitative estimate of drug-likeness (QED) is 0.737. The summed E-state index contributed by atoms with van der Waals surface area (Å²) in [6, 6.07) is -0.461. The van der Waals surface area contributed by atoms with Gasteiger partial charge in [0.1, 0.15) is 0 Å². The van der Waals surface area contributed by atoms with Gasteiger partial charge in [-0.2, -0.15) is 0 Å². The Balaban J connectivity index is 2.45. The van der Waals surface area contributed by atoms with Gasteiger partial charge in [0.15, 0.2) is 0 Å². The average molecular weight is 230 g/mol. The Kier molecular flexibility index (Phi) is 5.18. The third kappa shape index (κ3) is 3.73. The molecule has 2 N–H and O–H groups in total. The van der Waals surface area contributed by atoms with Crippen LogP contribution in [0.15, 0.2) is 0 Å². The second-order valence-electron chi connectivity index (χ2n) is 4.39. The summed E-state index contributed by atoms with van der Waals surface area (Å²) in [7, 11) is 1.61. The van der Waals surface area contributed by atoms with E-state index in [9.17, 15) is 4.79 Å². The molecule has 0 bridgehead atoms. The first-order valence-corrected chi connectivity index (χ1v) is 5.73. The predicted molar refractivity (Wildman–Crippen MR) is 61.1 cm³/mol. The molecule has 94 valence electrons. The van der Waals surface area contributed by atoms with E-state index >= 15 is 0 Å². The van der Waals surface area contributed by atoms with Crippen molar-refractivity contribution in [2.45, 2.75) is 38.5 Å². The first-order valence-electron chi connectivity index (χ1n) is 5.73. The van der Waals surface area contributed by atoms with Crippen LogP contribution in [-0.2, 0) is 14.3 Å². The van der Waals surface area contributed by atoms with Gasteiger partial charge in [-0.05, 0) is 20.3 Å². The van der Waals surface area contributed by atoms with E-state index in [2.05, 4.69) is 0 Å². The standard InChI is InChI=1S/C11H22N2O3/c1-8-6-13(7-9(2)16-8)11(14)10(12)4-5-15-3/h8-10H,4-7,12H2,1-3H3/t8-,9+,10?. The van der Waals surface area contributed by atoms with Crippen LogP contribution in [-0.4, -0.2) is 55.9 Å². The summed E-state index contributed by atoms with van der Waals surface area (Å²) < 4.78 is 10.5. The van der Waals surface area contributed by atoms with Crippen LogP contribution in [0.1, 0.15) is 20.3 Å². The molecular formula is C11H22N2O3. The van der Waals surface area contributed by atoms with Gasteiger partial charge in [0, 0.05) is 26.8 Å². The highest BCUT2D eigenvalue weighted by Crippen LogP contribution is 2.12. The van der Waals surface area contributed by atoms with Crippen LogP contribution >= 0.6 is 0 Å². The summed E-state index contributed by atoms with van der Waals surface area (Å²) in [5, 5.41) is 0. The maximum absolute atomic E-state index is 12.0. The van der Waals surface area contributed by atoms with Crippen LogP contribution in [0.5, 0.6) is 0 Å². The molecule has 0 aromatic rings. The molecule has 0 aromatic carbocycles. The van der Waals surface area contributed by atoms with Crippen molar-refractivity contribution in [3.05, 3.63) is 0 Å². The highest BCUT2D eigenvalue weighted by molar-refractivity contribution is 5.81. The molecular weight excluding hydrogens is 208 g/mol. The largest absolute Gasteiger partial charge is 0.385 e. The number of methoxy groups -OCH3 is 1. The predicted octanol–water partition coefficient (Wildman–Crippen LogP) is -0.0140. The third-order valence-electron chi connectivity index (χ3n) is 2.68. The second-order valence-corrected chi connectivity index (χ2v) is 4.39. The van der Waals surface area contributed by atoms with Crippen molar-refractivity contribution in [1.82, 2.24) is 4.90 Å². The average Bonchev–Trinajstić information content (AvgIpc) is 2.23. The fraction of sp³-hybridized carbons (Fsp3) is 0.909. The van der Waals surface area contributed by atoms with Gasteiger partial charge in [-0.1, -0.05) is 0 Å². The van der Waals surface area contributed by atoms with Crippen molar-refractivity contribution >= 4 is 5.91 Å². The number of hydrogen-bond donors (Lipinski definition) is 1. The Hall–Kier alpha value is -0.650. The van der Waals surface area contributed by atoms with Crippen molar-refractivity contribution in [1.29, 1.82) is 0 Å². The molecule has 3 atom stereocenters. The number of carbonyl (C=O) groups is 1. The van der Waals surface area contributed by atoms with Crippen LogP contribution < -0.4 is 5.73 Å². The van der Waals surface area contributed by atoms with Gasteiger partial charge < -0.3 is 20.1 Å². The van der Waals surface area contributed by atoms with Gasteiger partial charge in [0.2, 0.25) is 5.91 Å². The molecule has 0 radical (unpaired) electrons. The molecule has 1 unspecified atom stereocenters. The molecule has 0 saturated carbocycles. The molecule has 1 amide bonds. The van der Waals surface area contributed by atoms with Crippen LogP contribution in [0.2, 0.25) is 0 Å². The van der Waals surface area contributed by atoms with Crippen molar-refractivity contribution in [2.24, 2.45) is 5.73 Å². The summed E-state index contributed by atoms with van der Waals surface area (Å²) in [6.07, 6.45) is 0.736. The monoisotopic (exact) mass is 230 g/mol. The molecule has 5 heteroatoms. The first-order chi connectivity index (χ1) is 7.54. The van der Waals surface area contributed by atoms with Crippen molar-refractivity contribution in [2.75, 3.05) is 26.8 Å². The Morgan fingerprint density at radius 1 is 1.50 bits per heavy atom. The molecule has 0 aliphatic carbocycles. The van der Waals surface area contributed by atoms with E-state index in [-0.39, 0.29) is 18.1 Å². The van der Waals surface area contributed by atoms with Gasteiger partial charge in [0.05, 0.1) is 18.2 Å². The minimum absolute atomic E-state index is 0.000880. The van der Waals surface area contributed by atoms with Crippen LogP contribution in [0.25, 0.3) is 0 Å². The zero-order valence-electron chi connectivity index (χ0n) is 10.3. The lowest BCUT2D eigenvalue weighted by atomic mass is 10.1. The highest BCUT2D eigenvalue weighted by Gasteiger charge is 2.28. The molecule has 16 heavy (non-hydrogen) atoms. The molecule has 1 rings (SSSR count). The summed E-state index contributed by atoms with van der Waals surface area (Å²) in [6.45, 7) is 5.71. The zero-order valence-corrected chi connectivity index (χ0v) is 10.3. The normalized spacial score (nSPS) is 27.9. The topological polar surface area (TPSA) is 64.8 Å². The molecule has 1 heterocycles. The van der Waals surface area contributed by atoms with Crippen LogP contribution in [0.3, 0.4) is 0 Å². The highest BCUT2D eigenvalue weighted by atomic mass is 16.5. The number of morpholine rings is 1. The smallest absolute Gasteiger partial charge is 0.239 e. The number of carbonyl (C=O) groups excluding carboxylic acids is 1. The zero-order chi connectivity index (χ0) is 12.1. The number of hydrogen-bond acceptors (Lipinski definition) is 4. The van der Waals surface area contributed by atoms with E-state index in [4.69, 9.17) is 15.2 Å². The Bertz CT molecular complexity index is 225. The Morgan fingerprint density at radius 3 is 2.56 bits per heavy atom. The molecule has 0 spiro atoms. The van der Waals surface area contributed by atoms with Crippen LogP contribution in [0, 0.1) is 0 Å². The molecule has 1 aliphatic heterocycles. The van der Waals surface area contributed by atoms with Gasteiger partial charge in [-0.3, -0.25) is 4.79 Å². The SMILES string of the molecule is COCCC(N)C(=O)N1C[C@@H](C)O[C@@H](C)C1. The maximum Gasteiger partial charge on any atom is 0.239 e. The lowest BCUT2D eigenvalue weighted by molar-refractivity contribution is -0.144. The fourth-order valence-electron chi connectivity index (χ4n) is 1.96. The number of nitrogens with two attached hydrogens (primary N) is 1. The van der Waals surface area contributed by atoms with Gasteiger partial charge in [-0.15, -0.1) is 0 Å². The first kappa shape index (κ1) is 13.4. The van der Waals surface area contributed by atoms with E-state index in [1.807, 2.05) is 13.8 Å². The summed E-state index contributed by atoms with van der Waals surface area (Å²) >= 11 is 0. The number of rotatable bonds is 4. The minimum Gasteiger partial charge on any atom is -0.385 e. The van der Waals surface area contributed by atoms with E-state index in [1.54, 1.807) is 12.0 Å². The second kappa shape index (κ2) is 6.18. The van der Waals surface area contributed by atoms with E-state index in [1.165, 1.54) is 0 Å². The number of nitrogens with zero attached hydrogens (tertiary/aromatic N) is 1. The van der Waals surface area contributed by atoms with Crippen molar-refractivity contribution in [3.63, 3.8) is 0 Å². The molecule has 1 fully saturated rings. The van der Waals surface area contributed by atoms with Gasteiger partial charge in [0.25, 0.3) is 0 Å².